The number of nitrogens with one attached hydrogen (secondary N) is 1. The topological polar surface area (TPSA) is 61.8 Å². The lowest BCUT2D eigenvalue weighted by atomic mass is 9.95. The molecular formula is C16H13Cl2N3O. The van der Waals surface area contributed by atoms with Gasteiger partial charge in [-0.15, -0.1) is 5.10 Å². The van der Waals surface area contributed by atoms with E-state index in [2.05, 4.69) is 15.4 Å². The molecule has 3 aromatic rings. The van der Waals surface area contributed by atoms with Crippen molar-refractivity contribution in [2.24, 2.45) is 0 Å². The molecule has 2 N–H and O–H groups in total. The van der Waals surface area contributed by atoms with Gasteiger partial charge in [-0.2, -0.15) is 0 Å². The zero-order chi connectivity index (χ0) is 15.7. The molecule has 0 bridgehead atoms. The molecule has 1 heterocycles. The predicted molar refractivity (Wildman–Crippen MR) is 87.5 cm³/mol. The summed E-state index contributed by atoms with van der Waals surface area (Å²) in [6.45, 7) is 1.97. The smallest absolute Gasteiger partial charge is 0.123 e. The summed E-state index contributed by atoms with van der Waals surface area (Å²) in [7, 11) is 0. The van der Waals surface area contributed by atoms with Gasteiger partial charge in [0.15, 0.2) is 0 Å². The molecule has 0 unspecified atom stereocenters. The van der Waals surface area contributed by atoms with Gasteiger partial charge in [-0.3, -0.25) is 5.10 Å². The first-order valence-corrected chi connectivity index (χ1v) is 7.44. The summed E-state index contributed by atoms with van der Waals surface area (Å²) in [6.07, 6.45) is 2.18. The summed E-state index contributed by atoms with van der Waals surface area (Å²) in [5.74, 6) is 0.199. The normalized spacial score (nSPS) is 10.9. The number of phenols is 1. The zero-order valence-electron chi connectivity index (χ0n) is 11.8. The van der Waals surface area contributed by atoms with Crippen LogP contribution in [0.1, 0.15) is 16.8 Å². The van der Waals surface area contributed by atoms with Crippen LogP contribution in [0.5, 0.6) is 5.75 Å². The monoisotopic (exact) mass is 333 g/mol. The van der Waals surface area contributed by atoms with Gasteiger partial charge in [0.1, 0.15) is 5.75 Å². The molecule has 0 atom stereocenters. The molecule has 0 saturated carbocycles. The highest BCUT2D eigenvalue weighted by atomic mass is 35.5. The minimum atomic E-state index is 0.199. The molecule has 0 saturated heterocycles. The van der Waals surface area contributed by atoms with E-state index in [1.54, 1.807) is 18.3 Å². The average Bonchev–Trinajstić information content (AvgIpc) is 3.00. The summed E-state index contributed by atoms with van der Waals surface area (Å²) < 4.78 is 0. The van der Waals surface area contributed by atoms with Gasteiger partial charge in [-0.25, -0.2) is 0 Å². The number of H-pyrrole nitrogens is 1. The van der Waals surface area contributed by atoms with Gasteiger partial charge in [-0.1, -0.05) is 46.1 Å². The Hall–Kier alpha value is -2.04. The summed E-state index contributed by atoms with van der Waals surface area (Å²) in [5.41, 5.74) is 4.16. The van der Waals surface area contributed by atoms with Crippen molar-refractivity contribution in [1.29, 1.82) is 0 Å². The molecule has 0 aliphatic rings. The Bertz CT molecular complexity index is 817. The molecule has 1 aromatic heterocycles. The highest BCUT2D eigenvalue weighted by Gasteiger charge is 2.16. The standard InChI is InChI=1S/C16H13Cl2N3O/c1-9-2-5-15(22)12(6-9)11-3-4-14(17)16(18)13(11)7-10-8-19-21-20-10/h2-6,8,22H,7H2,1H3,(H,19,20,21). The number of hydrogen-bond acceptors (Lipinski definition) is 3. The van der Waals surface area contributed by atoms with Crippen LogP contribution >= 0.6 is 23.2 Å². The Morgan fingerprint density at radius 1 is 1.14 bits per heavy atom. The van der Waals surface area contributed by atoms with E-state index in [1.807, 2.05) is 25.1 Å². The third-order valence-corrected chi connectivity index (χ3v) is 4.31. The summed E-state index contributed by atoms with van der Waals surface area (Å²) in [6, 6.07) is 9.04. The van der Waals surface area contributed by atoms with Crippen molar-refractivity contribution in [3.63, 3.8) is 0 Å². The van der Waals surface area contributed by atoms with Crippen LogP contribution in [0.15, 0.2) is 36.5 Å². The fraction of sp³-hybridized carbons (Fsp3) is 0.125. The highest BCUT2D eigenvalue weighted by Crippen LogP contribution is 2.39. The number of nitrogens with zero attached hydrogens (tertiary/aromatic N) is 2. The number of benzene rings is 2. The van der Waals surface area contributed by atoms with E-state index >= 15 is 0 Å². The quantitative estimate of drug-likeness (QED) is 0.747. The minimum Gasteiger partial charge on any atom is -0.507 e. The summed E-state index contributed by atoms with van der Waals surface area (Å²) >= 11 is 12.5. The molecule has 4 nitrogen and oxygen atoms in total. The number of aromatic nitrogens is 3. The maximum Gasteiger partial charge on any atom is 0.123 e. The van der Waals surface area contributed by atoms with E-state index in [9.17, 15) is 5.11 Å². The number of aromatic amines is 1. The first-order valence-electron chi connectivity index (χ1n) is 6.68. The van der Waals surface area contributed by atoms with Crippen molar-refractivity contribution in [3.05, 3.63) is 63.4 Å². The first kappa shape index (κ1) is 14.9. The Morgan fingerprint density at radius 3 is 2.68 bits per heavy atom. The van der Waals surface area contributed by atoms with Crippen LogP contribution in [0, 0.1) is 6.92 Å². The summed E-state index contributed by atoms with van der Waals surface area (Å²) in [5, 5.41) is 21.5. The Balaban J connectivity index is 2.19. The Labute approximate surface area is 137 Å². The van der Waals surface area contributed by atoms with Gasteiger partial charge in [0.25, 0.3) is 0 Å². The maximum absolute atomic E-state index is 10.2. The van der Waals surface area contributed by atoms with Crippen LogP contribution in [0.25, 0.3) is 11.1 Å². The Kier molecular flexibility index (Phi) is 4.05. The molecule has 0 spiro atoms. The summed E-state index contributed by atoms with van der Waals surface area (Å²) in [4.78, 5) is 0. The van der Waals surface area contributed by atoms with Gasteiger partial charge >= 0.3 is 0 Å². The van der Waals surface area contributed by atoms with E-state index in [1.165, 1.54) is 0 Å². The lowest BCUT2D eigenvalue weighted by molar-refractivity contribution is 0.477. The molecule has 0 amide bonds. The van der Waals surface area contributed by atoms with E-state index in [-0.39, 0.29) is 5.75 Å². The molecule has 2 aromatic carbocycles. The molecule has 112 valence electrons. The third kappa shape index (κ3) is 2.80. The fourth-order valence-electron chi connectivity index (χ4n) is 2.38. The third-order valence-electron chi connectivity index (χ3n) is 3.46. The number of rotatable bonds is 3. The van der Waals surface area contributed by atoms with Crippen molar-refractivity contribution in [2.45, 2.75) is 13.3 Å². The van der Waals surface area contributed by atoms with Gasteiger partial charge in [0.05, 0.1) is 15.7 Å². The molecule has 6 heteroatoms. The maximum atomic E-state index is 10.2. The van der Waals surface area contributed by atoms with Crippen molar-refractivity contribution in [1.82, 2.24) is 15.4 Å². The molecule has 0 aliphatic carbocycles. The molecule has 0 fully saturated rings. The zero-order valence-corrected chi connectivity index (χ0v) is 13.3. The van der Waals surface area contributed by atoms with Crippen LogP contribution in [0.2, 0.25) is 10.0 Å². The second-order valence-corrected chi connectivity index (χ2v) is 5.83. The van der Waals surface area contributed by atoms with Crippen LogP contribution in [-0.4, -0.2) is 20.5 Å². The predicted octanol–water partition coefficient (Wildman–Crippen LogP) is 4.38. The van der Waals surface area contributed by atoms with Crippen LogP contribution in [-0.2, 0) is 6.42 Å². The van der Waals surface area contributed by atoms with Crippen molar-refractivity contribution >= 4 is 23.2 Å². The van der Waals surface area contributed by atoms with E-state index < -0.39 is 0 Å². The number of halogens is 2. The van der Waals surface area contributed by atoms with Crippen LogP contribution < -0.4 is 0 Å². The van der Waals surface area contributed by atoms with Crippen molar-refractivity contribution in [3.8, 4) is 16.9 Å². The average molecular weight is 334 g/mol. The lowest BCUT2D eigenvalue weighted by Gasteiger charge is -2.14. The largest absolute Gasteiger partial charge is 0.507 e. The number of hydrogen-bond donors (Lipinski definition) is 2. The van der Waals surface area contributed by atoms with E-state index in [0.29, 0.717) is 16.5 Å². The Morgan fingerprint density at radius 2 is 1.95 bits per heavy atom. The minimum absolute atomic E-state index is 0.199. The van der Waals surface area contributed by atoms with Gasteiger partial charge in [0.2, 0.25) is 0 Å². The van der Waals surface area contributed by atoms with Crippen LogP contribution in [0.3, 0.4) is 0 Å². The highest BCUT2D eigenvalue weighted by molar-refractivity contribution is 6.42. The molecule has 22 heavy (non-hydrogen) atoms. The lowest BCUT2D eigenvalue weighted by Crippen LogP contribution is -1.96. The number of phenolic OH excluding ortho intramolecular Hbond substituents is 1. The first-order chi connectivity index (χ1) is 10.6. The number of aryl methyl sites for hydroxylation is 1. The van der Waals surface area contributed by atoms with Gasteiger partial charge in [0, 0.05) is 18.2 Å². The molecule has 3 rings (SSSR count). The van der Waals surface area contributed by atoms with Crippen LogP contribution in [0.4, 0.5) is 0 Å². The molecular weight excluding hydrogens is 321 g/mol. The molecule has 0 aliphatic heterocycles. The van der Waals surface area contributed by atoms with Gasteiger partial charge < -0.3 is 5.11 Å². The number of aromatic hydroxyl groups is 1. The molecule has 0 radical (unpaired) electrons. The van der Waals surface area contributed by atoms with Crippen molar-refractivity contribution < 1.29 is 5.11 Å². The second kappa shape index (κ2) is 5.99. The van der Waals surface area contributed by atoms with E-state index in [4.69, 9.17) is 23.2 Å². The SMILES string of the molecule is Cc1ccc(O)c(-c2ccc(Cl)c(Cl)c2Cc2c[nH]nn2)c1. The fourth-order valence-corrected chi connectivity index (χ4v) is 2.78. The van der Waals surface area contributed by atoms with Gasteiger partial charge in [-0.05, 0) is 36.2 Å². The second-order valence-electron chi connectivity index (χ2n) is 5.05. The van der Waals surface area contributed by atoms with E-state index in [0.717, 1.165) is 27.9 Å². The van der Waals surface area contributed by atoms with Crippen molar-refractivity contribution in [2.75, 3.05) is 0 Å².